The van der Waals surface area contributed by atoms with Crippen molar-refractivity contribution in [2.24, 2.45) is 5.41 Å². The third kappa shape index (κ3) is 4.22. The summed E-state index contributed by atoms with van der Waals surface area (Å²) in [5.41, 5.74) is 1.80. The molecule has 2 unspecified atom stereocenters. The van der Waals surface area contributed by atoms with E-state index in [2.05, 4.69) is 38.2 Å². The fourth-order valence-corrected chi connectivity index (χ4v) is 3.31. The molecule has 0 aromatic heterocycles. The van der Waals surface area contributed by atoms with Crippen molar-refractivity contribution in [1.82, 2.24) is 5.32 Å². The van der Waals surface area contributed by atoms with Crippen molar-refractivity contribution in [2.75, 3.05) is 0 Å². The predicted molar refractivity (Wildman–Crippen MR) is 83.8 cm³/mol. The van der Waals surface area contributed by atoms with Crippen LogP contribution in [0.25, 0.3) is 0 Å². The first-order valence-corrected chi connectivity index (χ1v) is 7.86. The molecule has 0 radical (unpaired) electrons. The first-order chi connectivity index (χ1) is 8.97. The van der Waals surface area contributed by atoms with Crippen molar-refractivity contribution in [1.29, 1.82) is 0 Å². The molecule has 1 saturated carbocycles. The van der Waals surface area contributed by atoms with E-state index >= 15 is 0 Å². The molecule has 1 aromatic rings. The highest BCUT2D eigenvalue weighted by Crippen LogP contribution is 2.35. The lowest BCUT2D eigenvalue weighted by atomic mass is 9.73. The third-order valence-corrected chi connectivity index (χ3v) is 4.70. The van der Waals surface area contributed by atoms with E-state index < -0.39 is 0 Å². The summed E-state index contributed by atoms with van der Waals surface area (Å²) in [6.07, 6.45) is 6.49. The quantitative estimate of drug-likeness (QED) is 0.832. The summed E-state index contributed by atoms with van der Waals surface area (Å²) in [4.78, 5) is 0. The smallest absolute Gasteiger partial charge is 0.0406 e. The molecule has 19 heavy (non-hydrogen) atoms. The number of halogens is 1. The van der Waals surface area contributed by atoms with Crippen LogP contribution in [0.1, 0.15) is 52.0 Å². The molecular formula is C17H26ClN. The molecule has 1 fully saturated rings. The predicted octanol–water partition coefficient (Wildman–Crippen LogP) is 4.83. The maximum Gasteiger partial charge on any atom is 0.0406 e. The highest BCUT2D eigenvalue weighted by Gasteiger charge is 2.32. The Morgan fingerprint density at radius 3 is 2.58 bits per heavy atom. The Kier molecular flexibility index (Phi) is 4.92. The Hall–Kier alpha value is -0.530. The summed E-state index contributed by atoms with van der Waals surface area (Å²) in [6, 6.07) is 9.40. The van der Waals surface area contributed by atoms with Crippen LogP contribution >= 0.6 is 11.6 Å². The van der Waals surface area contributed by atoms with Crippen molar-refractivity contribution in [2.45, 2.75) is 65.0 Å². The maximum absolute atomic E-state index is 5.93. The summed E-state index contributed by atoms with van der Waals surface area (Å²) in [7, 11) is 0. The normalized spacial score (nSPS) is 24.1. The minimum atomic E-state index is 0.437. The summed E-state index contributed by atoms with van der Waals surface area (Å²) in [6.45, 7) is 7.09. The Morgan fingerprint density at radius 1 is 1.26 bits per heavy atom. The van der Waals surface area contributed by atoms with Crippen LogP contribution in [0.15, 0.2) is 24.3 Å². The van der Waals surface area contributed by atoms with E-state index in [0.717, 1.165) is 11.4 Å². The van der Waals surface area contributed by atoms with Gasteiger partial charge in [-0.2, -0.15) is 0 Å². The topological polar surface area (TPSA) is 12.0 Å². The lowest BCUT2D eigenvalue weighted by Gasteiger charge is -2.40. The molecule has 2 rings (SSSR count). The van der Waals surface area contributed by atoms with Gasteiger partial charge in [-0.05, 0) is 49.3 Å². The third-order valence-electron chi connectivity index (χ3n) is 4.45. The van der Waals surface area contributed by atoms with Gasteiger partial charge in [-0.3, -0.25) is 0 Å². The van der Waals surface area contributed by atoms with Gasteiger partial charge in [0.25, 0.3) is 0 Å². The van der Waals surface area contributed by atoms with Crippen LogP contribution in [0.5, 0.6) is 0 Å². The number of hydrogen-bond acceptors (Lipinski definition) is 1. The van der Waals surface area contributed by atoms with Crippen molar-refractivity contribution >= 4 is 11.6 Å². The number of nitrogens with one attached hydrogen (secondary N) is 1. The molecule has 1 aromatic carbocycles. The number of benzene rings is 1. The summed E-state index contributed by atoms with van der Waals surface area (Å²) in [5.74, 6) is 0. The van der Waals surface area contributed by atoms with E-state index in [4.69, 9.17) is 11.6 Å². The van der Waals surface area contributed by atoms with E-state index in [0.29, 0.717) is 17.5 Å². The Balaban J connectivity index is 1.90. The van der Waals surface area contributed by atoms with Crippen molar-refractivity contribution in [3.63, 3.8) is 0 Å². The molecule has 0 amide bonds. The standard InChI is InChI=1S/C17H26ClN/c1-13(12-14-7-9-15(18)10-8-14)19-16-6-4-5-11-17(16,2)3/h7-10,13,16,19H,4-6,11-12H2,1-3H3. The second kappa shape index (κ2) is 6.28. The van der Waals surface area contributed by atoms with Gasteiger partial charge < -0.3 is 5.32 Å². The molecule has 0 heterocycles. The minimum Gasteiger partial charge on any atom is -0.311 e. The van der Waals surface area contributed by atoms with Crippen molar-refractivity contribution in [3.05, 3.63) is 34.9 Å². The van der Waals surface area contributed by atoms with Crippen LogP contribution in [0.2, 0.25) is 5.02 Å². The molecule has 0 bridgehead atoms. The molecule has 0 spiro atoms. The van der Waals surface area contributed by atoms with E-state index in [1.807, 2.05) is 12.1 Å². The van der Waals surface area contributed by atoms with Gasteiger partial charge in [-0.1, -0.05) is 50.4 Å². The maximum atomic E-state index is 5.93. The Morgan fingerprint density at radius 2 is 1.95 bits per heavy atom. The molecule has 2 heteroatoms. The summed E-state index contributed by atoms with van der Waals surface area (Å²) < 4.78 is 0. The monoisotopic (exact) mass is 279 g/mol. The van der Waals surface area contributed by atoms with Gasteiger partial charge in [0.05, 0.1) is 0 Å². The average molecular weight is 280 g/mol. The van der Waals surface area contributed by atoms with Gasteiger partial charge >= 0.3 is 0 Å². The minimum absolute atomic E-state index is 0.437. The molecule has 1 nitrogen and oxygen atoms in total. The molecule has 1 N–H and O–H groups in total. The van der Waals surface area contributed by atoms with Crippen LogP contribution in [-0.2, 0) is 6.42 Å². The highest BCUT2D eigenvalue weighted by molar-refractivity contribution is 6.30. The van der Waals surface area contributed by atoms with Crippen molar-refractivity contribution in [3.8, 4) is 0 Å². The molecule has 0 aliphatic heterocycles. The second-order valence-corrected chi connectivity index (χ2v) is 7.12. The Bertz CT molecular complexity index is 396. The number of rotatable bonds is 4. The van der Waals surface area contributed by atoms with Crippen LogP contribution < -0.4 is 5.32 Å². The van der Waals surface area contributed by atoms with Crippen LogP contribution in [0.3, 0.4) is 0 Å². The Labute approximate surface area is 122 Å². The van der Waals surface area contributed by atoms with Crippen molar-refractivity contribution < 1.29 is 0 Å². The van der Waals surface area contributed by atoms with Crippen LogP contribution in [-0.4, -0.2) is 12.1 Å². The van der Waals surface area contributed by atoms with E-state index in [-0.39, 0.29) is 0 Å². The van der Waals surface area contributed by atoms with Gasteiger partial charge in [0.15, 0.2) is 0 Å². The zero-order valence-corrected chi connectivity index (χ0v) is 13.1. The first kappa shape index (κ1) is 14.9. The van der Waals surface area contributed by atoms with Crippen LogP contribution in [0, 0.1) is 5.41 Å². The highest BCUT2D eigenvalue weighted by atomic mass is 35.5. The first-order valence-electron chi connectivity index (χ1n) is 7.48. The van der Waals surface area contributed by atoms with Gasteiger partial charge in [0, 0.05) is 17.1 Å². The van der Waals surface area contributed by atoms with Gasteiger partial charge in [0.1, 0.15) is 0 Å². The van der Waals surface area contributed by atoms with E-state index in [1.165, 1.54) is 31.2 Å². The molecule has 1 aliphatic rings. The average Bonchev–Trinajstić information content (AvgIpc) is 2.35. The zero-order valence-electron chi connectivity index (χ0n) is 12.4. The van der Waals surface area contributed by atoms with E-state index in [9.17, 15) is 0 Å². The number of hydrogen-bond donors (Lipinski definition) is 1. The SMILES string of the molecule is CC(Cc1ccc(Cl)cc1)NC1CCCCC1(C)C. The fraction of sp³-hybridized carbons (Fsp3) is 0.647. The van der Waals surface area contributed by atoms with Crippen LogP contribution in [0.4, 0.5) is 0 Å². The second-order valence-electron chi connectivity index (χ2n) is 6.69. The van der Waals surface area contributed by atoms with Gasteiger partial charge in [-0.15, -0.1) is 0 Å². The fourth-order valence-electron chi connectivity index (χ4n) is 3.18. The molecule has 1 aliphatic carbocycles. The lowest BCUT2D eigenvalue weighted by Crippen LogP contribution is -2.48. The molecule has 2 atom stereocenters. The lowest BCUT2D eigenvalue weighted by molar-refractivity contribution is 0.157. The van der Waals surface area contributed by atoms with Gasteiger partial charge in [-0.25, -0.2) is 0 Å². The molecule has 0 saturated heterocycles. The summed E-state index contributed by atoms with van der Waals surface area (Å²) in [5, 5.41) is 4.66. The van der Waals surface area contributed by atoms with E-state index in [1.54, 1.807) is 0 Å². The zero-order chi connectivity index (χ0) is 13.9. The van der Waals surface area contributed by atoms with Gasteiger partial charge in [0.2, 0.25) is 0 Å². The molecular weight excluding hydrogens is 254 g/mol. The molecule has 106 valence electrons. The largest absolute Gasteiger partial charge is 0.311 e. The summed E-state index contributed by atoms with van der Waals surface area (Å²) >= 11 is 5.93.